The minimum atomic E-state index is 0.791. The lowest BCUT2D eigenvalue weighted by molar-refractivity contribution is 0.402. The topological polar surface area (TPSA) is 32.3 Å². The molecule has 2 saturated heterocycles. The molecule has 4 nitrogen and oxygen atoms in total. The van der Waals surface area contributed by atoms with Gasteiger partial charge in [-0.3, -0.25) is 0 Å². The number of nitrogens with zero attached hydrogens (tertiary/aromatic N) is 4. The smallest absolute Gasteiger partial charge is 0.227 e. The van der Waals surface area contributed by atoms with Crippen molar-refractivity contribution in [3.8, 4) is 0 Å². The first-order valence-corrected chi connectivity index (χ1v) is 9.67. The molecule has 0 aliphatic carbocycles. The van der Waals surface area contributed by atoms with E-state index in [0.29, 0.717) is 0 Å². The van der Waals surface area contributed by atoms with Gasteiger partial charge in [0, 0.05) is 37.9 Å². The van der Waals surface area contributed by atoms with E-state index in [1.807, 2.05) is 0 Å². The molecule has 0 atom stereocenters. The van der Waals surface area contributed by atoms with Crippen molar-refractivity contribution >= 4 is 11.8 Å². The quantitative estimate of drug-likeness (QED) is 0.849. The fraction of sp³-hybridized carbons (Fsp3) is 0.524. The first kappa shape index (κ1) is 16.4. The lowest BCUT2D eigenvalue weighted by Crippen LogP contribution is -2.35. The summed E-state index contributed by atoms with van der Waals surface area (Å²) in [6.45, 7) is 6.50. The summed E-state index contributed by atoms with van der Waals surface area (Å²) in [7, 11) is 0. The normalized spacial score (nSPS) is 18.8. The second-order valence-corrected chi connectivity index (χ2v) is 7.48. The number of rotatable bonds is 4. The molecule has 25 heavy (non-hydrogen) atoms. The highest BCUT2D eigenvalue weighted by molar-refractivity contribution is 5.46. The maximum atomic E-state index is 4.89. The molecule has 4 rings (SSSR count). The third-order valence-corrected chi connectivity index (χ3v) is 5.52. The fourth-order valence-electron chi connectivity index (χ4n) is 4.07. The SMILES string of the molecule is Cc1cc(N2CCC(Cc3ccccc3)CC2)nc(N2CCCC2)n1. The van der Waals surface area contributed by atoms with Crippen molar-refractivity contribution in [2.45, 2.75) is 39.0 Å². The van der Waals surface area contributed by atoms with E-state index >= 15 is 0 Å². The largest absolute Gasteiger partial charge is 0.356 e. The Morgan fingerprint density at radius 2 is 1.64 bits per heavy atom. The molecule has 1 aromatic heterocycles. The van der Waals surface area contributed by atoms with E-state index in [1.165, 1.54) is 37.7 Å². The summed E-state index contributed by atoms with van der Waals surface area (Å²) in [4.78, 5) is 14.3. The first-order valence-electron chi connectivity index (χ1n) is 9.67. The lowest BCUT2D eigenvalue weighted by atomic mass is 9.90. The molecule has 0 spiro atoms. The second-order valence-electron chi connectivity index (χ2n) is 7.48. The van der Waals surface area contributed by atoms with Crippen LogP contribution in [0.4, 0.5) is 11.8 Å². The molecule has 1 aromatic carbocycles. The van der Waals surface area contributed by atoms with Crippen LogP contribution >= 0.6 is 0 Å². The average Bonchev–Trinajstić information content (AvgIpc) is 3.17. The highest BCUT2D eigenvalue weighted by Gasteiger charge is 2.22. The molecule has 0 radical (unpaired) electrons. The number of hydrogen-bond acceptors (Lipinski definition) is 4. The van der Waals surface area contributed by atoms with Crippen LogP contribution in [-0.4, -0.2) is 36.1 Å². The third kappa shape index (κ3) is 3.94. The molecule has 2 aromatic rings. The third-order valence-electron chi connectivity index (χ3n) is 5.52. The van der Waals surface area contributed by atoms with E-state index in [4.69, 9.17) is 4.98 Å². The van der Waals surface area contributed by atoms with E-state index in [1.54, 1.807) is 0 Å². The van der Waals surface area contributed by atoms with Crippen molar-refractivity contribution in [1.29, 1.82) is 0 Å². The van der Waals surface area contributed by atoms with E-state index in [0.717, 1.165) is 49.6 Å². The summed E-state index contributed by atoms with van der Waals surface area (Å²) in [6.07, 6.45) is 6.22. The molecule has 2 fully saturated rings. The zero-order valence-corrected chi connectivity index (χ0v) is 15.2. The Kier molecular flexibility index (Phi) is 4.86. The molecule has 0 bridgehead atoms. The van der Waals surface area contributed by atoms with Gasteiger partial charge in [0.1, 0.15) is 5.82 Å². The minimum absolute atomic E-state index is 0.791. The van der Waals surface area contributed by atoms with Crippen LogP contribution < -0.4 is 9.80 Å². The number of aryl methyl sites for hydroxylation is 1. The highest BCUT2D eigenvalue weighted by atomic mass is 15.3. The molecule has 0 N–H and O–H groups in total. The van der Waals surface area contributed by atoms with Crippen molar-refractivity contribution in [2.75, 3.05) is 36.0 Å². The number of piperidine rings is 1. The van der Waals surface area contributed by atoms with Gasteiger partial charge in [-0.25, -0.2) is 4.98 Å². The maximum absolute atomic E-state index is 4.89. The van der Waals surface area contributed by atoms with Gasteiger partial charge in [-0.1, -0.05) is 30.3 Å². The van der Waals surface area contributed by atoms with Gasteiger partial charge in [-0.2, -0.15) is 4.98 Å². The van der Waals surface area contributed by atoms with Crippen LogP contribution in [0.5, 0.6) is 0 Å². The first-order chi connectivity index (χ1) is 12.3. The zero-order valence-electron chi connectivity index (χ0n) is 15.2. The molecule has 4 heteroatoms. The number of hydrogen-bond donors (Lipinski definition) is 0. The van der Waals surface area contributed by atoms with Crippen LogP contribution in [0.1, 0.15) is 36.9 Å². The Labute approximate surface area is 150 Å². The van der Waals surface area contributed by atoms with E-state index in [9.17, 15) is 0 Å². The van der Waals surface area contributed by atoms with Crippen molar-refractivity contribution in [3.63, 3.8) is 0 Å². The van der Waals surface area contributed by atoms with Gasteiger partial charge in [0.15, 0.2) is 0 Å². The van der Waals surface area contributed by atoms with Crippen LogP contribution in [0.2, 0.25) is 0 Å². The standard InChI is InChI=1S/C21H28N4/c1-17-15-20(23-21(22-17)25-11-5-6-12-25)24-13-9-19(10-14-24)16-18-7-3-2-4-8-18/h2-4,7-8,15,19H,5-6,9-14,16H2,1H3. The lowest BCUT2D eigenvalue weighted by Gasteiger charge is -2.33. The number of aromatic nitrogens is 2. The molecule has 0 unspecified atom stereocenters. The fourth-order valence-corrected chi connectivity index (χ4v) is 4.07. The zero-order chi connectivity index (χ0) is 17.1. The van der Waals surface area contributed by atoms with E-state index in [2.05, 4.69) is 58.1 Å². The predicted molar refractivity (Wildman–Crippen MR) is 103 cm³/mol. The van der Waals surface area contributed by atoms with Crippen LogP contribution in [0.3, 0.4) is 0 Å². The Bertz CT molecular complexity index is 686. The van der Waals surface area contributed by atoms with E-state index < -0.39 is 0 Å². The highest BCUT2D eigenvalue weighted by Crippen LogP contribution is 2.27. The monoisotopic (exact) mass is 336 g/mol. The number of benzene rings is 1. The van der Waals surface area contributed by atoms with Gasteiger partial charge in [0.05, 0.1) is 0 Å². The van der Waals surface area contributed by atoms with Gasteiger partial charge >= 0.3 is 0 Å². The second kappa shape index (κ2) is 7.42. The summed E-state index contributed by atoms with van der Waals surface area (Å²) >= 11 is 0. The molecular formula is C21H28N4. The Balaban J connectivity index is 1.40. The summed E-state index contributed by atoms with van der Waals surface area (Å²) in [5.41, 5.74) is 2.55. The van der Waals surface area contributed by atoms with Crippen LogP contribution in [-0.2, 0) is 6.42 Å². The van der Waals surface area contributed by atoms with Gasteiger partial charge in [0.2, 0.25) is 5.95 Å². The Morgan fingerprint density at radius 3 is 2.36 bits per heavy atom. The predicted octanol–water partition coefficient (Wildman–Crippen LogP) is 3.84. The molecule has 2 aliphatic heterocycles. The molecule has 3 heterocycles. The van der Waals surface area contributed by atoms with Crippen molar-refractivity contribution in [2.24, 2.45) is 5.92 Å². The van der Waals surface area contributed by atoms with Crippen molar-refractivity contribution in [1.82, 2.24) is 9.97 Å². The molecule has 0 amide bonds. The van der Waals surface area contributed by atoms with Crippen LogP contribution in [0.15, 0.2) is 36.4 Å². The maximum Gasteiger partial charge on any atom is 0.227 e. The van der Waals surface area contributed by atoms with Crippen molar-refractivity contribution in [3.05, 3.63) is 47.7 Å². The van der Waals surface area contributed by atoms with Gasteiger partial charge in [-0.15, -0.1) is 0 Å². The Hall–Kier alpha value is -2.10. The Morgan fingerprint density at radius 1 is 0.920 bits per heavy atom. The minimum Gasteiger partial charge on any atom is -0.356 e. The summed E-state index contributed by atoms with van der Waals surface area (Å²) in [6, 6.07) is 13.0. The molecule has 2 aliphatic rings. The molecule has 132 valence electrons. The van der Waals surface area contributed by atoms with Crippen LogP contribution in [0, 0.1) is 12.8 Å². The summed E-state index contributed by atoms with van der Waals surface area (Å²) < 4.78 is 0. The summed E-state index contributed by atoms with van der Waals surface area (Å²) in [5.74, 6) is 2.84. The van der Waals surface area contributed by atoms with Crippen molar-refractivity contribution < 1.29 is 0 Å². The molecule has 0 saturated carbocycles. The van der Waals surface area contributed by atoms with Gasteiger partial charge < -0.3 is 9.80 Å². The molecular weight excluding hydrogens is 308 g/mol. The van der Waals surface area contributed by atoms with Gasteiger partial charge in [-0.05, 0) is 50.5 Å². The van der Waals surface area contributed by atoms with Gasteiger partial charge in [0.25, 0.3) is 0 Å². The van der Waals surface area contributed by atoms with Crippen LogP contribution in [0.25, 0.3) is 0 Å². The number of anilines is 2. The average molecular weight is 336 g/mol. The summed E-state index contributed by atoms with van der Waals surface area (Å²) in [5, 5.41) is 0. The van der Waals surface area contributed by atoms with E-state index in [-0.39, 0.29) is 0 Å².